The number of carbonyl (C=O) groups is 1. The van der Waals surface area contributed by atoms with Gasteiger partial charge in [-0.2, -0.15) is 0 Å². The lowest BCUT2D eigenvalue weighted by molar-refractivity contribution is -0.127. The van der Waals surface area contributed by atoms with Crippen LogP contribution >= 0.6 is 0 Å². The first-order valence-corrected chi connectivity index (χ1v) is 11.0. The van der Waals surface area contributed by atoms with Gasteiger partial charge in [0.2, 0.25) is 5.91 Å². The van der Waals surface area contributed by atoms with Gasteiger partial charge in [0.25, 0.3) is 0 Å². The van der Waals surface area contributed by atoms with Crippen molar-refractivity contribution in [3.05, 3.63) is 78.0 Å². The molecule has 0 aliphatic heterocycles. The number of hydrogen-bond donors (Lipinski definition) is 3. The third-order valence-electron chi connectivity index (χ3n) is 6.20. The molecule has 1 heterocycles. The second kappa shape index (κ2) is 9.88. The SMILES string of the molecule is NC[C@H]1CC[C@H](C(=O)NC(Cc2ccccc2)c2nc(-c3cccc(F)c3)c[nH]2)CC1. The van der Waals surface area contributed by atoms with Crippen LogP contribution in [-0.4, -0.2) is 22.4 Å². The topological polar surface area (TPSA) is 83.8 Å². The van der Waals surface area contributed by atoms with E-state index in [4.69, 9.17) is 5.73 Å². The first-order chi connectivity index (χ1) is 15.1. The summed E-state index contributed by atoms with van der Waals surface area (Å²) in [7, 11) is 0. The first kappa shape index (κ1) is 21.2. The monoisotopic (exact) mass is 420 g/mol. The summed E-state index contributed by atoms with van der Waals surface area (Å²) in [5.41, 5.74) is 8.26. The molecule has 1 fully saturated rings. The highest BCUT2D eigenvalue weighted by Gasteiger charge is 2.28. The van der Waals surface area contributed by atoms with Crippen molar-refractivity contribution in [3.63, 3.8) is 0 Å². The summed E-state index contributed by atoms with van der Waals surface area (Å²) in [6.07, 6.45) is 6.14. The first-order valence-electron chi connectivity index (χ1n) is 11.0. The fourth-order valence-corrected chi connectivity index (χ4v) is 4.33. The molecule has 5 nitrogen and oxygen atoms in total. The Morgan fingerprint density at radius 3 is 2.61 bits per heavy atom. The molecule has 4 rings (SSSR count). The molecule has 0 radical (unpaired) electrons. The van der Waals surface area contributed by atoms with E-state index in [9.17, 15) is 9.18 Å². The highest BCUT2D eigenvalue weighted by atomic mass is 19.1. The van der Waals surface area contributed by atoms with E-state index in [0.29, 0.717) is 36.0 Å². The van der Waals surface area contributed by atoms with Crippen LogP contribution in [0.5, 0.6) is 0 Å². The van der Waals surface area contributed by atoms with Crippen molar-refractivity contribution in [1.82, 2.24) is 15.3 Å². The number of nitrogens with one attached hydrogen (secondary N) is 2. The quantitative estimate of drug-likeness (QED) is 0.530. The van der Waals surface area contributed by atoms with Gasteiger partial charge in [-0.25, -0.2) is 9.37 Å². The van der Waals surface area contributed by atoms with Crippen LogP contribution in [0.4, 0.5) is 4.39 Å². The Bertz CT molecular complexity index is 996. The maximum atomic E-state index is 13.6. The molecular formula is C25H29FN4O. The predicted molar refractivity (Wildman–Crippen MR) is 120 cm³/mol. The van der Waals surface area contributed by atoms with Gasteiger partial charge in [0.05, 0.1) is 11.7 Å². The number of H-pyrrole nitrogens is 1. The van der Waals surface area contributed by atoms with Crippen molar-refractivity contribution in [3.8, 4) is 11.3 Å². The molecule has 31 heavy (non-hydrogen) atoms. The molecule has 1 aromatic heterocycles. The van der Waals surface area contributed by atoms with Gasteiger partial charge in [0.15, 0.2) is 0 Å². The smallest absolute Gasteiger partial charge is 0.223 e. The maximum absolute atomic E-state index is 13.6. The third-order valence-corrected chi connectivity index (χ3v) is 6.20. The largest absolute Gasteiger partial charge is 0.346 e. The third kappa shape index (κ3) is 5.39. The van der Waals surface area contributed by atoms with E-state index in [2.05, 4.69) is 15.3 Å². The summed E-state index contributed by atoms with van der Waals surface area (Å²) in [4.78, 5) is 20.9. The van der Waals surface area contributed by atoms with Gasteiger partial charge in [-0.15, -0.1) is 0 Å². The summed E-state index contributed by atoms with van der Waals surface area (Å²) in [6.45, 7) is 0.695. The predicted octanol–water partition coefficient (Wildman–Crippen LogP) is 4.38. The number of hydrogen-bond acceptors (Lipinski definition) is 3. The van der Waals surface area contributed by atoms with E-state index in [0.717, 1.165) is 31.2 Å². The van der Waals surface area contributed by atoms with Crippen LogP contribution in [0.15, 0.2) is 60.8 Å². The number of imidazole rings is 1. The zero-order chi connectivity index (χ0) is 21.6. The Kier molecular flexibility index (Phi) is 6.77. The van der Waals surface area contributed by atoms with E-state index >= 15 is 0 Å². The maximum Gasteiger partial charge on any atom is 0.223 e. The van der Waals surface area contributed by atoms with Gasteiger partial charge in [-0.05, 0) is 62.3 Å². The van der Waals surface area contributed by atoms with Gasteiger partial charge >= 0.3 is 0 Å². The highest BCUT2D eigenvalue weighted by Crippen LogP contribution is 2.29. The minimum atomic E-state index is -0.302. The van der Waals surface area contributed by atoms with E-state index in [1.54, 1.807) is 12.3 Å². The van der Waals surface area contributed by atoms with Gasteiger partial charge in [0, 0.05) is 17.7 Å². The van der Waals surface area contributed by atoms with Gasteiger partial charge < -0.3 is 16.0 Å². The molecular weight excluding hydrogens is 391 g/mol. The van der Waals surface area contributed by atoms with E-state index in [1.165, 1.54) is 12.1 Å². The standard InChI is InChI=1S/C25H29FN4O/c26-21-8-4-7-20(14-21)23-16-28-24(29-23)22(13-17-5-2-1-3-6-17)30-25(31)19-11-9-18(15-27)10-12-19/h1-8,14,16,18-19,22H,9-13,15,27H2,(H,28,29)(H,30,31)/t18-,19-,22?. The van der Waals surface area contributed by atoms with Crippen molar-refractivity contribution < 1.29 is 9.18 Å². The molecule has 1 atom stereocenters. The summed E-state index contributed by atoms with van der Waals surface area (Å²) >= 11 is 0. The average Bonchev–Trinajstić information content (AvgIpc) is 3.30. The Balaban J connectivity index is 1.53. The number of amides is 1. The van der Waals surface area contributed by atoms with Crippen molar-refractivity contribution in [2.24, 2.45) is 17.6 Å². The molecule has 3 aromatic rings. The number of nitrogens with two attached hydrogens (primary N) is 1. The Morgan fingerprint density at radius 1 is 1.13 bits per heavy atom. The molecule has 1 aliphatic rings. The van der Waals surface area contributed by atoms with Crippen LogP contribution in [0, 0.1) is 17.7 Å². The zero-order valence-electron chi connectivity index (χ0n) is 17.6. The van der Waals surface area contributed by atoms with Crippen LogP contribution in [0.2, 0.25) is 0 Å². The lowest BCUT2D eigenvalue weighted by Crippen LogP contribution is -2.37. The van der Waals surface area contributed by atoms with Gasteiger partial charge in [-0.1, -0.05) is 42.5 Å². The Hall–Kier alpha value is -2.99. The Morgan fingerprint density at radius 2 is 1.90 bits per heavy atom. The number of halogens is 1. The molecule has 1 saturated carbocycles. The minimum absolute atomic E-state index is 0.0127. The zero-order valence-corrected chi connectivity index (χ0v) is 17.6. The summed E-state index contributed by atoms with van der Waals surface area (Å²) in [5, 5.41) is 3.22. The van der Waals surface area contributed by atoms with Crippen molar-refractivity contribution >= 4 is 5.91 Å². The summed E-state index contributed by atoms with van der Waals surface area (Å²) in [5.74, 6) is 0.985. The van der Waals surface area contributed by atoms with Crippen LogP contribution in [0.1, 0.15) is 43.1 Å². The molecule has 1 unspecified atom stereocenters. The lowest BCUT2D eigenvalue weighted by atomic mass is 9.81. The summed E-state index contributed by atoms with van der Waals surface area (Å²) < 4.78 is 13.6. The van der Waals surface area contributed by atoms with Crippen molar-refractivity contribution in [2.45, 2.75) is 38.1 Å². The molecule has 6 heteroatoms. The van der Waals surface area contributed by atoms with E-state index in [-0.39, 0.29) is 23.7 Å². The average molecular weight is 421 g/mol. The van der Waals surface area contributed by atoms with Gasteiger partial charge in [-0.3, -0.25) is 4.79 Å². The number of carbonyl (C=O) groups excluding carboxylic acids is 1. The van der Waals surface area contributed by atoms with Crippen LogP contribution < -0.4 is 11.1 Å². The molecule has 162 valence electrons. The van der Waals surface area contributed by atoms with Gasteiger partial charge in [0.1, 0.15) is 11.6 Å². The second-order valence-electron chi connectivity index (χ2n) is 8.39. The number of aromatic amines is 1. The van der Waals surface area contributed by atoms with Crippen LogP contribution in [0.3, 0.4) is 0 Å². The van der Waals surface area contributed by atoms with Crippen molar-refractivity contribution in [1.29, 1.82) is 0 Å². The molecule has 0 bridgehead atoms. The van der Waals surface area contributed by atoms with Crippen molar-refractivity contribution in [2.75, 3.05) is 6.54 Å². The molecule has 1 aliphatic carbocycles. The normalized spacial score (nSPS) is 19.7. The minimum Gasteiger partial charge on any atom is -0.346 e. The fraction of sp³-hybridized carbons (Fsp3) is 0.360. The summed E-state index contributed by atoms with van der Waals surface area (Å²) in [6, 6.07) is 16.1. The van der Waals surface area contributed by atoms with E-state index < -0.39 is 0 Å². The molecule has 0 spiro atoms. The molecule has 2 aromatic carbocycles. The number of nitrogens with zero attached hydrogens (tertiary/aromatic N) is 1. The number of rotatable bonds is 7. The highest BCUT2D eigenvalue weighted by molar-refractivity contribution is 5.79. The van der Waals surface area contributed by atoms with Crippen LogP contribution in [0.25, 0.3) is 11.3 Å². The number of benzene rings is 2. The molecule has 0 saturated heterocycles. The molecule has 1 amide bonds. The molecule has 4 N–H and O–H groups in total. The Labute approximate surface area is 182 Å². The second-order valence-corrected chi connectivity index (χ2v) is 8.39. The fourth-order valence-electron chi connectivity index (χ4n) is 4.33. The number of aromatic nitrogens is 2. The van der Waals surface area contributed by atoms with E-state index in [1.807, 2.05) is 36.4 Å². The van der Waals surface area contributed by atoms with Crippen LogP contribution in [-0.2, 0) is 11.2 Å². The lowest BCUT2D eigenvalue weighted by Gasteiger charge is -2.28.